The van der Waals surface area contributed by atoms with E-state index >= 15 is 0 Å². The number of nitrogens with one attached hydrogen (secondary N) is 1. The van der Waals surface area contributed by atoms with Crippen LogP contribution < -0.4 is 5.32 Å². The molecule has 0 aliphatic heterocycles. The Morgan fingerprint density at radius 1 is 1.24 bits per heavy atom. The second-order valence-corrected chi connectivity index (χ2v) is 7.71. The van der Waals surface area contributed by atoms with Gasteiger partial charge >= 0.3 is 0 Å². The molecule has 0 spiro atoms. The SMILES string of the molecule is CCN(CC(=O)NC(C)(C)C)C(=O)CSc1ccc(C(C)=O)cc1F. The van der Waals surface area contributed by atoms with E-state index in [1.807, 2.05) is 20.8 Å². The van der Waals surface area contributed by atoms with Crippen LogP contribution in [0.2, 0.25) is 0 Å². The van der Waals surface area contributed by atoms with Crippen molar-refractivity contribution < 1.29 is 18.8 Å². The molecule has 0 atom stereocenters. The molecule has 0 bridgehead atoms. The van der Waals surface area contributed by atoms with Gasteiger partial charge in [-0.3, -0.25) is 14.4 Å². The first-order valence-corrected chi connectivity index (χ1v) is 9.04. The lowest BCUT2D eigenvalue weighted by atomic mass is 10.1. The summed E-state index contributed by atoms with van der Waals surface area (Å²) in [6.45, 7) is 9.12. The third-order valence-electron chi connectivity index (χ3n) is 3.27. The first-order valence-electron chi connectivity index (χ1n) is 8.05. The molecule has 0 radical (unpaired) electrons. The number of halogens is 1. The number of amides is 2. The number of carbonyl (C=O) groups is 3. The molecule has 25 heavy (non-hydrogen) atoms. The van der Waals surface area contributed by atoms with Gasteiger partial charge in [0.15, 0.2) is 5.78 Å². The summed E-state index contributed by atoms with van der Waals surface area (Å²) in [7, 11) is 0. The topological polar surface area (TPSA) is 66.5 Å². The third kappa shape index (κ3) is 7.25. The number of hydrogen-bond acceptors (Lipinski definition) is 4. The predicted molar refractivity (Wildman–Crippen MR) is 97.3 cm³/mol. The Bertz CT molecular complexity index is 656. The smallest absolute Gasteiger partial charge is 0.240 e. The molecule has 7 heteroatoms. The van der Waals surface area contributed by atoms with Crippen molar-refractivity contribution in [2.75, 3.05) is 18.8 Å². The van der Waals surface area contributed by atoms with Gasteiger partial charge in [0.25, 0.3) is 0 Å². The maximum absolute atomic E-state index is 14.0. The molecular weight excluding hydrogens is 343 g/mol. The predicted octanol–water partition coefficient (Wildman–Crippen LogP) is 2.88. The summed E-state index contributed by atoms with van der Waals surface area (Å²) in [6, 6.07) is 4.20. The van der Waals surface area contributed by atoms with E-state index in [1.165, 1.54) is 30.0 Å². The lowest BCUT2D eigenvalue weighted by Gasteiger charge is -2.25. The van der Waals surface area contributed by atoms with Gasteiger partial charge in [0.2, 0.25) is 11.8 Å². The Hall–Kier alpha value is -1.89. The highest BCUT2D eigenvalue weighted by atomic mass is 32.2. The molecule has 0 aromatic heterocycles. The summed E-state index contributed by atoms with van der Waals surface area (Å²) in [4.78, 5) is 37.2. The Labute approximate surface area is 152 Å². The molecule has 0 aliphatic rings. The van der Waals surface area contributed by atoms with E-state index in [-0.39, 0.29) is 35.4 Å². The normalized spacial score (nSPS) is 11.1. The average molecular weight is 368 g/mol. The maximum Gasteiger partial charge on any atom is 0.240 e. The van der Waals surface area contributed by atoms with E-state index in [9.17, 15) is 18.8 Å². The summed E-state index contributed by atoms with van der Waals surface area (Å²) in [5.74, 6) is -1.20. The molecule has 0 heterocycles. The van der Waals surface area contributed by atoms with Crippen LogP contribution >= 0.6 is 11.8 Å². The van der Waals surface area contributed by atoms with Gasteiger partial charge in [-0.05, 0) is 46.8 Å². The molecule has 1 N–H and O–H groups in total. The molecule has 2 amide bonds. The first-order chi connectivity index (χ1) is 11.5. The van der Waals surface area contributed by atoms with Crippen LogP contribution in [0, 0.1) is 5.82 Å². The molecule has 138 valence electrons. The third-order valence-corrected chi connectivity index (χ3v) is 4.31. The number of rotatable bonds is 7. The largest absolute Gasteiger partial charge is 0.350 e. The van der Waals surface area contributed by atoms with Crippen LogP contribution in [0.25, 0.3) is 0 Å². The lowest BCUT2D eigenvalue weighted by molar-refractivity contribution is -0.134. The van der Waals surface area contributed by atoms with E-state index in [4.69, 9.17) is 0 Å². The lowest BCUT2D eigenvalue weighted by Crippen LogP contribution is -2.47. The van der Waals surface area contributed by atoms with Crippen LogP contribution in [0.4, 0.5) is 4.39 Å². The summed E-state index contributed by atoms with van der Waals surface area (Å²) >= 11 is 1.05. The Morgan fingerprint density at radius 3 is 2.36 bits per heavy atom. The van der Waals surface area contributed by atoms with Gasteiger partial charge in [-0.1, -0.05) is 6.07 Å². The van der Waals surface area contributed by atoms with E-state index in [1.54, 1.807) is 6.92 Å². The van der Waals surface area contributed by atoms with Crippen molar-refractivity contribution in [1.82, 2.24) is 10.2 Å². The molecule has 1 aromatic rings. The van der Waals surface area contributed by atoms with E-state index < -0.39 is 5.82 Å². The van der Waals surface area contributed by atoms with E-state index in [0.29, 0.717) is 17.0 Å². The summed E-state index contributed by atoms with van der Waals surface area (Å²) in [5.41, 5.74) is -0.0715. The van der Waals surface area contributed by atoms with Crippen molar-refractivity contribution in [3.63, 3.8) is 0 Å². The highest BCUT2D eigenvalue weighted by molar-refractivity contribution is 8.00. The van der Waals surface area contributed by atoms with Crippen molar-refractivity contribution in [3.05, 3.63) is 29.6 Å². The molecule has 1 aromatic carbocycles. The van der Waals surface area contributed by atoms with Crippen LogP contribution in [0.1, 0.15) is 45.0 Å². The minimum Gasteiger partial charge on any atom is -0.350 e. The van der Waals surface area contributed by atoms with Gasteiger partial charge in [-0.15, -0.1) is 11.8 Å². The van der Waals surface area contributed by atoms with Crippen molar-refractivity contribution in [2.45, 2.75) is 45.1 Å². The van der Waals surface area contributed by atoms with Gasteiger partial charge in [-0.25, -0.2) is 4.39 Å². The molecule has 0 unspecified atom stereocenters. The van der Waals surface area contributed by atoms with Gasteiger partial charge in [-0.2, -0.15) is 0 Å². The zero-order valence-electron chi connectivity index (χ0n) is 15.3. The second kappa shape index (κ2) is 8.99. The molecule has 0 fully saturated rings. The van der Waals surface area contributed by atoms with Crippen molar-refractivity contribution in [3.8, 4) is 0 Å². The van der Waals surface area contributed by atoms with Crippen molar-refractivity contribution >= 4 is 29.4 Å². The molecule has 5 nitrogen and oxygen atoms in total. The van der Waals surface area contributed by atoms with E-state index in [0.717, 1.165) is 11.8 Å². The second-order valence-electron chi connectivity index (χ2n) is 6.70. The zero-order chi connectivity index (χ0) is 19.2. The fourth-order valence-corrected chi connectivity index (χ4v) is 2.90. The van der Waals surface area contributed by atoms with Gasteiger partial charge in [0.1, 0.15) is 5.82 Å². The average Bonchev–Trinajstić information content (AvgIpc) is 2.49. The minimum atomic E-state index is -0.529. The quantitative estimate of drug-likeness (QED) is 0.594. The molecular formula is C18H25FN2O3S. The number of ketones is 1. The first kappa shape index (κ1) is 21.2. The molecule has 0 saturated heterocycles. The monoisotopic (exact) mass is 368 g/mol. The Balaban J connectivity index is 2.65. The Morgan fingerprint density at radius 2 is 1.88 bits per heavy atom. The summed E-state index contributed by atoms with van der Waals surface area (Å²) in [6.07, 6.45) is 0. The number of carbonyl (C=O) groups excluding carboxylic acids is 3. The van der Waals surface area contributed by atoms with Gasteiger partial charge < -0.3 is 10.2 Å². The van der Waals surface area contributed by atoms with Crippen LogP contribution in [0.3, 0.4) is 0 Å². The zero-order valence-corrected chi connectivity index (χ0v) is 16.1. The van der Waals surface area contributed by atoms with E-state index in [2.05, 4.69) is 5.32 Å². The van der Waals surface area contributed by atoms with Crippen LogP contribution in [-0.4, -0.2) is 46.9 Å². The number of hydrogen-bond donors (Lipinski definition) is 1. The van der Waals surface area contributed by atoms with Gasteiger partial charge in [0.05, 0.1) is 12.3 Å². The van der Waals surface area contributed by atoms with Gasteiger partial charge in [0, 0.05) is 22.5 Å². The van der Waals surface area contributed by atoms with Crippen LogP contribution in [-0.2, 0) is 9.59 Å². The van der Waals surface area contributed by atoms with Crippen LogP contribution in [0.15, 0.2) is 23.1 Å². The number of likely N-dealkylation sites (N-methyl/N-ethyl adjacent to an activating group) is 1. The molecule has 1 rings (SSSR count). The molecule has 0 saturated carbocycles. The number of nitrogens with zero attached hydrogens (tertiary/aromatic N) is 1. The summed E-state index contributed by atoms with van der Waals surface area (Å²) in [5, 5.41) is 2.81. The van der Waals surface area contributed by atoms with Crippen LogP contribution in [0.5, 0.6) is 0 Å². The fraction of sp³-hybridized carbons (Fsp3) is 0.500. The fourth-order valence-electron chi connectivity index (χ4n) is 2.08. The minimum absolute atomic E-state index is 0.0208. The molecule has 0 aliphatic carbocycles. The highest BCUT2D eigenvalue weighted by Crippen LogP contribution is 2.23. The standard InChI is InChI=1S/C18H25FN2O3S/c1-6-21(10-16(23)20-18(3,4)5)17(24)11-25-15-8-7-13(12(2)22)9-14(15)19/h7-9H,6,10-11H2,1-5H3,(H,20,23). The number of Topliss-reactive ketones (excluding diaryl/α,β-unsaturated/α-hetero) is 1. The maximum atomic E-state index is 14.0. The Kier molecular flexibility index (Phi) is 7.60. The number of benzene rings is 1. The highest BCUT2D eigenvalue weighted by Gasteiger charge is 2.20. The number of thioether (sulfide) groups is 1. The summed E-state index contributed by atoms with van der Waals surface area (Å²) < 4.78 is 14.0. The van der Waals surface area contributed by atoms with Crippen molar-refractivity contribution in [2.24, 2.45) is 0 Å². The van der Waals surface area contributed by atoms with Crippen molar-refractivity contribution in [1.29, 1.82) is 0 Å².